The van der Waals surface area contributed by atoms with Gasteiger partial charge in [-0.3, -0.25) is 4.79 Å². The summed E-state index contributed by atoms with van der Waals surface area (Å²) in [4.78, 5) is 11.5. The van der Waals surface area contributed by atoms with Gasteiger partial charge in [0, 0.05) is 7.05 Å². The number of phenolic OH excluding ortho intramolecular Hbond substituents is 1. The second-order valence-electron chi connectivity index (χ2n) is 3.76. The first kappa shape index (κ1) is 13.3. The van der Waals surface area contributed by atoms with Gasteiger partial charge in [0.1, 0.15) is 5.75 Å². The Morgan fingerprint density at radius 1 is 1.42 bits per heavy atom. The predicted molar refractivity (Wildman–Crippen MR) is 70.2 cm³/mol. The first-order chi connectivity index (χ1) is 9.11. The average Bonchev–Trinajstić information content (AvgIpc) is 2.86. The van der Waals surface area contributed by atoms with Crippen LogP contribution in [0, 0.1) is 0 Å². The van der Waals surface area contributed by atoms with Crippen molar-refractivity contribution in [1.29, 1.82) is 0 Å². The first-order valence-electron chi connectivity index (χ1n) is 5.58. The molecule has 7 nitrogen and oxygen atoms in total. The van der Waals surface area contributed by atoms with E-state index in [1.54, 1.807) is 38.2 Å². The highest BCUT2D eigenvalue weighted by molar-refractivity contribution is 8.00. The largest absolute Gasteiger partial charge is 0.508 e. The van der Waals surface area contributed by atoms with Crippen molar-refractivity contribution >= 4 is 17.7 Å². The summed E-state index contributed by atoms with van der Waals surface area (Å²) in [5, 5.41) is 23.4. The second kappa shape index (κ2) is 5.70. The Balaban J connectivity index is 2.22. The van der Waals surface area contributed by atoms with Gasteiger partial charge in [-0.2, -0.15) is 4.68 Å². The van der Waals surface area contributed by atoms with E-state index in [4.69, 9.17) is 0 Å². The molecule has 0 aliphatic rings. The molecular formula is C11H13N5O2S. The lowest BCUT2D eigenvalue weighted by Gasteiger charge is -2.09. The Kier molecular flexibility index (Phi) is 4.00. The van der Waals surface area contributed by atoms with Crippen molar-refractivity contribution in [2.24, 2.45) is 0 Å². The molecule has 0 aliphatic carbocycles. The molecule has 1 amide bonds. The number of nitrogens with zero attached hydrogens (tertiary/aromatic N) is 4. The van der Waals surface area contributed by atoms with Crippen molar-refractivity contribution < 1.29 is 9.90 Å². The Morgan fingerprint density at radius 2 is 2.11 bits per heavy atom. The molecule has 0 saturated heterocycles. The minimum absolute atomic E-state index is 0.0924. The second-order valence-corrected chi connectivity index (χ2v) is 5.07. The van der Waals surface area contributed by atoms with Gasteiger partial charge in [0.25, 0.3) is 0 Å². The first-order valence-corrected chi connectivity index (χ1v) is 6.46. The van der Waals surface area contributed by atoms with Crippen molar-refractivity contribution in [2.75, 3.05) is 7.05 Å². The molecule has 1 unspecified atom stereocenters. The lowest BCUT2D eigenvalue weighted by atomic mass is 10.3. The molecule has 1 aromatic heterocycles. The number of hydrogen-bond donors (Lipinski definition) is 2. The number of amides is 1. The highest BCUT2D eigenvalue weighted by Gasteiger charge is 2.17. The van der Waals surface area contributed by atoms with Gasteiger partial charge in [0.2, 0.25) is 11.1 Å². The summed E-state index contributed by atoms with van der Waals surface area (Å²) in [5.74, 6) is 0.0787. The fraction of sp³-hybridized carbons (Fsp3) is 0.273. The monoisotopic (exact) mass is 279 g/mol. The molecule has 1 heterocycles. The van der Waals surface area contributed by atoms with E-state index in [-0.39, 0.29) is 16.9 Å². The van der Waals surface area contributed by atoms with Crippen molar-refractivity contribution in [3.05, 3.63) is 24.3 Å². The van der Waals surface area contributed by atoms with Crippen LogP contribution in [0.2, 0.25) is 0 Å². The summed E-state index contributed by atoms with van der Waals surface area (Å²) in [6.07, 6.45) is 0. The van der Waals surface area contributed by atoms with Gasteiger partial charge in [0.15, 0.2) is 0 Å². The van der Waals surface area contributed by atoms with E-state index in [9.17, 15) is 9.90 Å². The van der Waals surface area contributed by atoms with Crippen LogP contribution in [0.4, 0.5) is 0 Å². The fourth-order valence-corrected chi connectivity index (χ4v) is 2.29. The van der Waals surface area contributed by atoms with E-state index in [0.717, 1.165) is 5.69 Å². The quantitative estimate of drug-likeness (QED) is 0.796. The SMILES string of the molecule is CNC(=O)C(C)Sc1nnnn1-c1ccc(O)cc1. The number of phenols is 1. The Hall–Kier alpha value is -2.09. The van der Waals surface area contributed by atoms with Crippen LogP contribution in [0.15, 0.2) is 29.4 Å². The number of nitrogens with one attached hydrogen (secondary N) is 1. The van der Waals surface area contributed by atoms with Crippen LogP contribution in [0.5, 0.6) is 5.75 Å². The molecule has 2 rings (SSSR count). The molecule has 19 heavy (non-hydrogen) atoms. The molecule has 8 heteroatoms. The number of benzene rings is 1. The maximum Gasteiger partial charge on any atom is 0.233 e. The fourth-order valence-electron chi connectivity index (χ4n) is 1.42. The molecule has 0 saturated carbocycles. The van der Waals surface area contributed by atoms with Gasteiger partial charge in [-0.05, 0) is 41.6 Å². The number of hydrogen-bond acceptors (Lipinski definition) is 6. The van der Waals surface area contributed by atoms with Crippen LogP contribution >= 0.6 is 11.8 Å². The molecule has 0 spiro atoms. The summed E-state index contributed by atoms with van der Waals surface area (Å²) < 4.78 is 1.52. The minimum Gasteiger partial charge on any atom is -0.508 e. The van der Waals surface area contributed by atoms with Gasteiger partial charge in [0.05, 0.1) is 10.9 Å². The number of carbonyl (C=O) groups is 1. The molecule has 0 aliphatic heterocycles. The Bertz CT molecular complexity index is 569. The van der Waals surface area contributed by atoms with Crippen molar-refractivity contribution in [2.45, 2.75) is 17.3 Å². The van der Waals surface area contributed by atoms with Crippen LogP contribution in [0.3, 0.4) is 0 Å². The molecule has 0 radical (unpaired) electrons. The van der Waals surface area contributed by atoms with Gasteiger partial charge >= 0.3 is 0 Å². The van der Waals surface area contributed by atoms with Gasteiger partial charge in [-0.15, -0.1) is 5.10 Å². The van der Waals surface area contributed by atoms with Crippen LogP contribution in [0.25, 0.3) is 5.69 Å². The zero-order chi connectivity index (χ0) is 13.8. The number of thioether (sulfide) groups is 1. The molecule has 2 aromatic rings. The number of aromatic nitrogens is 4. The smallest absolute Gasteiger partial charge is 0.233 e. The maximum atomic E-state index is 11.5. The molecule has 100 valence electrons. The lowest BCUT2D eigenvalue weighted by Crippen LogP contribution is -2.27. The third-order valence-corrected chi connectivity index (χ3v) is 3.47. The van der Waals surface area contributed by atoms with Crippen molar-refractivity contribution in [1.82, 2.24) is 25.5 Å². The highest BCUT2D eigenvalue weighted by Crippen LogP contribution is 2.23. The predicted octanol–water partition coefficient (Wildman–Crippen LogP) is 0.594. The number of tetrazole rings is 1. The van der Waals surface area contributed by atoms with Crippen molar-refractivity contribution in [3.63, 3.8) is 0 Å². The molecule has 1 atom stereocenters. The van der Waals surface area contributed by atoms with Crippen LogP contribution in [0.1, 0.15) is 6.92 Å². The van der Waals surface area contributed by atoms with E-state index in [0.29, 0.717) is 5.16 Å². The molecule has 0 fully saturated rings. The molecule has 2 N–H and O–H groups in total. The standard InChI is InChI=1S/C11H13N5O2S/c1-7(10(18)12-2)19-11-13-14-15-16(11)8-3-5-9(17)6-4-8/h3-7,17H,1-2H3,(H,12,18). The Labute approximate surface area is 114 Å². The molecule has 0 bridgehead atoms. The van der Waals surface area contributed by atoms with Crippen LogP contribution in [-0.2, 0) is 4.79 Å². The zero-order valence-corrected chi connectivity index (χ0v) is 11.3. The summed E-state index contributed by atoms with van der Waals surface area (Å²) in [5.41, 5.74) is 0.717. The number of rotatable bonds is 4. The molecule has 1 aromatic carbocycles. The van der Waals surface area contributed by atoms with Gasteiger partial charge in [-0.25, -0.2) is 0 Å². The zero-order valence-electron chi connectivity index (χ0n) is 10.4. The van der Waals surface area contributed by atoms with E-state index < -0.39 is 0 Å². The van der Waals surface area contributed by atoms with E-state index in [1.807, 2.05) is 0 Å². The van der Waals surface area contributed by atoms with Gasteiger partial charge in [-0.1, -0.05) is 11.8 Å². The van der Waals surface area contributed by atoms with Gasteiger partial charge < -0.3 is 10.4 Å². The maximum absolute atomic E-state index is 11.5. The summed E-state index contributed by atoms with van der Waals surface area (Å²) in [6, 6.07) is 6.49. The highest BCUT2D eigenvalue weighted by atomic mass is 32.2. The van der Waals surface area contributed by atoms with Crippen LogP contribution < -0.4 is 5.32 Å². The van der Waals surface area contributed by atoms with E-state index in [1.165, 1.54) is 16.4 Å². The van der Waals surface area contributed by atoms with E-state index in [2.05, 4.69) is 20.8 Å². The average molecular weight is 279 g/mol. The Morgan fingerprint density at radius 3 is 2.74 bits per heavy atom. The normalized spacial score (nSPS) is 12.1. The van der Waals surface area contributed by atoms with Crippen molar-refractivity contribution in [3.8, 4) is 11.4 Å². The summed E-state index contributed by atoms with van der Waals surface area (Å²) in [6.45, 7) is 1.78. The summed E-state index contributed by atoms with van der Waals surface area (Å²) in [7, 11) is 1.59. The topological polar surface area (TPSA) is 92.9 Å². The summed E-state index contributed by atoms with van der Waals surface area (Å²) >= 11 is 1.26. The third kappa shape index (κ3) is 3.02. The number of aromatic hydroxyl groups is 1. The number of carbonyl (C=O) groups excluding carboxylic acids is 1. The van der Waals surface area contributed by atoms with Crippen LogP contribution in [-0.4, -0.2) is 43.5 Å². The lowest BCUT2D eigenvalue weighted by molar-refractivity contribution is -0.119. The van der Waals surface area contributed by atoms with E-state index >= 15 is 0 Å². The molecular weight excluding hydrogens is 266 g/mol. The third-order valence-electron chi connectivity index (χ3n) is 2.43. The minimum atomic E-state index is -0.299.